The van der Waals surface area contributed by atoms with Crippen molar-refractivity contribution in [3.63, 3.8) is 0 Å². The second-order valence-electron chi connectivity index (χ2n) is 4.81. The van der Waals surface area contributed by atoms with Crippen LogP contribution in [0, 0.1) is 0 Å². The Morgan fingerprint density at radius 3 is 2.75 bits per heavy atom. The lowest BCUT2D eigenvalue weighted by atomic mass is 10.2. The molecular weight excluding hydrogens is 407 g/mol. The van der Waals surface area contributed by atoms with E-state index in [1.54, 1.807) is 6.07 Å². The maximum atomic E-state index is 12.5. The van der Waals surface area contributed by atoms with Gasteiger partial charge in [0.15, 0.2) is 0 Å². The molecule has 0 saturated carbocycles. The summed E-state index contributed by atoms with van der Waals surface area (Å²) in [6, 6.07) is 5.37. The highest BCUT2D eigenvalue weighted by Gasteiger charge is 2.20. The van der Waals surface area contributed by atoms with Crippen LogP contribution in [0.3, 0.4) is 0 Å². The lowest BCUT2D eigenvalue weighted by Crippen LogP contribution is -2.35. The Hall–Kier alpha value is -0.100. The first-order chi connectivity index (χ1) is 9.61. The molecule has 0 unspecified atom stereocenters. The standard InChI is InChI=1S/C14H17Br2ClN2O/c15-4-7-18-5-1-6-19(9-8-18)14(20)11-2-3-12(16)13(17)10-11/h2-3,10H,1,4-9H2. The summed E-state index contributed by atoms with van der Waals surface area (Å²) in [6.45, 7) is 4.61. The van der Waals surface area contributed by atoms with Crippen molar-refractivity contribution < 1.29 is 4.79 Å². The van der Waals surface area contributed by atoms with Gasteiger partial charge in [0.25, 0.3) is 5.91 Å². The van der Waals surface area contributed by atoms with Crippen molar-refractivity contribution in [2.45, 2.75) is 6.42 Å². The van der Waals surface area contributed by atoms with Crippen LogP contribution in [0.2, 0.25) is 5.02 Å². The van der Waals surface area contributed by atoms with Crippen LogP contribution in [0.1, 0.15) is 16.8 Å². The Kier molecular flexibility index (Phi) is 6.33. The van der Waals surface area contributed by atoms with Crippen molar-refractivity contribution >= 4 is 49.4 Å². The minimum atomic E-state index is 0.0695. The van der Waals surface area contributed by atoms with E-state index in [9.17, 15) is 4.79 Å². The molecule has 0 atom stereocenters. The van der Waals surface area contributed by atoms with Gasteiger partial charge in [-0.2, -0.15) is 0 Å². The van der Waals surface area contributed by atoms with E-state index in [-0.39, 0.29) is 5.91 Å². The van der Waals surface area contributed by atoms with Crippen molar-refractivity contribution in [3.8, 4) is 0 Å². The van der Waals surface area contributed by atoms with Crippen LogP contribution in [0.15, 0.2) is 22.7 Å². The van der Waals surface area contributed by atoms with Gasteiger partial charge in [-0.05, 0) is 47.1 Å². The third-order valence-corrected chi connectivity index (χ3v) is 5.03. The molecule has 1 aromatic carbocycles. The van der Waals surface area contributed by atoms with Gasteiger partial charge in [-0.1, -0.05) is 27.5 Å². The van der Waals surface area contributed by atoms with Gasteiger partial charge in [-0.25, -0.2) is 0 Å². The van der Waals surface area contributed by atoms with E-state index >= 15 is 0 Å². The molecule has 1 saturated heterocycles. The predicted molar refractivity (Wildman–Crippen MR) is 89.9 cm³/mol. The van der Waals surface area contributed by atoms with Crippen LogP contribution >= 0.6 is 43.5 Å². The fourth-order valence-electron chi connectivity index (χ4n) is 2.33. The molecule has 0 spiro atoms. The van der Waals surface area contributed by atoms with Gasteiger partial charge in [0.05, 0.1) is 5.02 Å². The Balaban J connectivity index is 2.03. The molecule has 110 valence electrons. The number of nitrogens with zero attached hydrogens (tertiary/aromatic N) is 2. The quantitative estimate of drug-likeness (QED) is 0.692. The smallest absolute Gasteiger partial charge is 0.253 e. The molecule has 0 radical (unpaired) electrons. The van der Waals surface area contributed by atoms with Gasteiger partial charge < -0.3 is 9.80 Å². The van der Waals surface area contributed by atoms with Crippen molar-refractivity contribution in [1.29, 1.82) is 0 Å². The molecule has 0 bridgehead atoms. The topological polar surface area (TPSA) is 23.6 Å². The van der Waals surface area contributed by atoms with Crippen LogP contribution in [0.25, 0.3) is 0 Å². The minimum absolute atomic E-state index is 0.0695. The molecule has 1 aromatic rings. The second kappa shape index (κ2) is 7.78. The highest BCUT2D eigenvalue weighted by molar-refractivity contribution is 9.10. The molecule has 20 heavy (non-hydrogen) atoms. The van der Waals surface area contributed by atoms with Crippen LogP contribution in [-0.2, 0) is 0 Å². The summed E-state index contributed by atoms with van der Waals surface area (Å²) in [6.07, 6.45) is 1.02. The first-order valence-corrected chi connectivity index (χ1v) is 8.93. The molecule has 2 rings (SSSR count). The number of amides is 1. The third kappa shape index (κ3) is 4.20. The summed E-state index contributed by atoms with van der Waals surface area (Å²) in [7, 11) is 0. The fraction of sp³-hybridized carbons (Fsp3) is 0.500. The van der Waals surface area contributed by atoms with Crippen molar-refractivity contribution in [1.82, 2.24) is 9.80 Å². The fourth-order valence-corrected chi connectivity index (χ4v) is 3.26. The molecular formula is C14H17Br2ClN2O. The Bertz CT molecular complexity index is 484. The predicted octanol–water partition coefficient (Wildman–Crippen LogP) is 3.65. The molecule has 1 heterocycles. The zero-order valence-corrected chi connectivity index (χ0v) is 15.0. The third-order valence-electron chi connectivity index (χ3n) is 3.44. The number of hydrogen-bond acceptors (Lipinski definition) is 2. The SMILES string of the molecule is O=C(c1ccc(Br)c(Cl)c1)N1CCCN(CCBr)CC1. The summed E-state index contributed by atoms with van der Waals surface area (Å²) < 4.78 is 0.815. The van der Waals surface area contributed by atoms with Gasteiger partial charge in [0.2, 0.25) is 0 Å². The Morgan fingerprint density at radius 1 is 1.25 bits per heavy atom. The average molecular weight is 425 g/mol. The van der Waals surface area contributed by atoms with Crippen LogP contribution < -0.4 is 0 Å². The molecule has 1 fully saturated rings. The first-order valence-electron chi connectivity index (χ1n) is 6.64. The van der Waals surface area contributed by atoms with Crippen molar-refractivity contribution in [2.75, 3.05) is 38.1 Å². The van der Waals surface area contributed by atoms with Crippen LogP contribution in [0.4, 0.5) is 0 Å². The van der Waals surface area contributed by atoms with Gasteiger partial charge in [0.1, 0.15) is 0 Å². The lowest BCUT2D eigenvalue weighted by molar-refractivity contribution is 0.0762. The van der Waals surface area contributed by atoms with Gasteiger partial charge >= 0.3 is 0 Å². The van der Waals surface area contributed by atoms with E-state index in [0.717, 1.165) is 48.9 Å². The summed E-state index contributed by atoms with van der Waals surface area (Å²) in [5, 5.41) is 1.55. The van der Waals surface area contributed by atoms with Crippen molar-refractivity contribution in [2.24, 2.45) is 0 Å². The zero-order chi connectivity index (χ0) is 14.5. The van der Waals surface area contributed by atoms with Gasteiger partial charge in [-0.15, -0.1) is 0 Å². The Labute approximate surface area is 141 Å². The summed E-state index contributed by atoms with van der Waals surface area (Å²) >= 11 is 12.9. The molecule has 0 N–H and O–H groups in total. The highest BCUT2D eigenvalue weighted by atomic mass is 79.9. The molecule has 0 aromatic heterocycles. The number of alkyl halides is 1. The number of carbonyl (C=O) groups is 1. The maximum Gasteiger partial charge on any atom is 0.253 e. The minimum Gasteiger partial charge on any atom is -0.337 e. The van der Waals surface area contributed by atoms with E-state index in [4.69, 9.17) is 11.6 Å². The van der Waals surface area contributed by atoms with Crippen LogP contribution in [-0.4, -0.2) is 53.8 Å². The molecule has 1 aliphatic heterocycles. The van der Waals surface area contributed by atoms with Gasteiger partial charge in [-0.3, -0.25) is 4.79 Å². The van der Waals surface area contributed by atoms with E-state index in [1.807, 2.05) is 17.0 Å². The summed E-state index contributed by atoms with van der Waals surface area (Å²) in [5.74, 6) is 0.0695. The average Bonchev–Trinajstić information content (AvgIpc) is 2.67. The monoisotopic (exact) mass is 422 g/mol. The van der Waals surface area contributed by atoms with E-state index < -0.39 is 0 Å². The van der Waals surface area contributed by atoms with Crippen LogP contribution in [0.5, 0.6) is 0 Å². The number of rotatable bonds is 3. The Morgan fingerprint density at radius 2 is 2.05 bits per heavy atom. The first kappa shape index (κ1) is 16.3. The van der Waals surface area contributed by atoms with E-state index in [0.29, 0.717) is 10.6 Å². The lowest BCUT2D eigenvalue weighted by Gasteiger charge is -2.21. The molecule has 3 nitrogen and oxygen atoms in total. The largest absolute Gasteiger partial charge is 0.337 e. The molecule has 1 amide bonds. The van der Waals surface area contributed by atoms with E-state index in [1.165, 1.54) is 0 Å². The van der Waals surface area contributed by atoms with E-state index in [2.05, 4.69) is 36.8 Å². The second-order valence-corrected chi connectivity index (χ2v) is 6.86. The molecule has 0 aliphatic carbocycles. The number of benzene rings is 1. The normalized spacial score (nSPS) is 17.1. The molecule has 1 aliphatic rings. The molecule has 6 heteroatoms. The zero-order valence-electron chi connectivity index (χ0n) is 11.1. The van der Waals surface area contributed by atoms with Gasteiger partial charge in [0, 0.05) is 41.5 Å². The number of carbonyl (C=O) groups excluding carboxylic acids is 1. The highest BCUT2D eigenvalue weighted by Crippen LogP contribution is 2.24. The van der Waals surface area contributed by atoms with Crippen molar-refractivity contribution in [3.05, 3.63) is 33.3 Å². The summed E-state index contributed by atoms with van der Waals surface area (Å²) in [4.78, 5) is 16.8. The maximum absolute atomic E-state index is 12.5. The number of hydrogen-bond donors (Lipinski definition) is 0. The number of halogens is 3. The summed E-state index contributed by atoms with van der Waals surface area (Å²) in [5.41, 5.74) is 0.659.